The van der Waals surface area contributed by atoms with Gasteiger partial charge in [0.15, 0.2) is 23.0 Å². The summed E-state index contributed by atoms with van der Waals surface area (Å²) in [6.07, 6.45) is 2.76. The molecular weight excluding hydrogens is 452 g/mol. The SMILES string of the molecule is C[C@H](N)c1oc(-c2ccc(OC(F)F)c(OCC3CC3)c2)nc1C(=O)N1CCC(C(=O)O)CC1. The van der Waals surface area contributed by atoms with Crippen LogP contribution in [0.5, 0.6) is 11.5 Å². The van der Waals surface area contributed by atoms with Crippen molar-refractivity contribution in [1.82, 2.24) is 9.88 Å². The van der Waals surface area contributed by atoms with Gasteiger partial charge in [-0.2, -0.15) is 8.78 Å². The number of aliphatic carboxylic acids is 1. The maximum absolute atomic E-state index is 13.1. The molecule has 1 atom stereocenters. The maximum atomic E-state index is 13.1. The number of nitrogens with two attached hydrogens (primary N) is 1. The van der Waals surface area contributed by atoms with Crippen molar-refractivity contribution >= 4 is 11.9 Å². The molecule has 1 saturated heterocycles. The van der Waals surface area contributed by atoms with Crippen LogP contribution >= 0.6 is 0 Å². The highest BCUT2D eigenvalue weighted by molar-refractivity contribution is 5.94. The molecule has 2 aliphatic rings. The molecule has 9 nitrogen and oxygen atoms in total. The second-order valence-electron chi connectivity index (χ2n) is 8.72. The molecule has 1 amide bonds. The number of halogens is 2. The van der Waals surface area contributed by atoms with Crippen LogP contribution in [-0.4, -0.2) is 53.2 Å². The molecule has 3 N–H and O–H groups in total. The number of oxazole rings is 1. The number of likely N-dealkylation sites (tertiary alicyclic amines) is 1. The molecule has 2 fully saturated rings. The van der Waals surface area contributed by atoms with Crippen LogP contribution in [0.25, 0.3) is 11.5 Å². The lowest BCUT2D eigenvalue weighted by Gasteiger charge is -2.29. The molecule has 4 rings (SSSR count). The van der Waals surface area contributed by atoms with Crippen molar-refractivity contribution in [3.8, 4) is 23.0 Å². The topological polar surface area (TPSA) is 128 Å². The van der Waals surface area contributed by atoms with Gasteiger partial charge in [-0.05, 0) is 56.7 Å². The smallest absolute Gasteiger partial charge is 0.387 e. The quantitative estimate of drug-likeness (QED) is 0.557. The minimum atomic E-state index is -3.00. The Kier molecular flexibility index (Phi) is 7.01. The number of amides is 1. The zero-order chi connectivity index (χ0) is 24.4. The van der Waals surface area contributed by atoms with Gasteiger partial charge in [0.05, 0.1) is 18.6 Å². The average Bonchev–Trinajstić information content (AvgIpc) is 3.52. The summed E-state index contributed by atoms with van der Waals surface area (Å²) in [5.74, 6) is -1.04. The van der Waals surface area contributed by atoms with Crippen LogP contribution in [0, 0.1) is 11.8 Å². The second-order valence-corrected chi connectivity index (χ2v) is 8.72. The fourth-order valence-corrected chi connectivity index (χ4v) is 3.84. The first-order valence-corrected chi connectivity index (χ1v) is 11.2. The molecule has 1 aliphatic heterocycles. The van der Waals surface area contributed by atoms with Gasteiger partial charge in [-0.1, -0.05) is 0 Å². The molecule has 1 aromatic heterocycles. The molecule has 0 radical (unpaired) electrons. The lowest BCUT2D eigenvalue weighted by atomic mass is 9.97. The molecule has 0 unspecified atom stereocenters. The van der Waals surface area contributed by atoms with Crippen molar-refractivity contribution in [1.29, 1.82) is 0 Å². The van der Waals surface area contributed by atoms with Crippen LogP contribution in [0.1, 0.15) is 54.9 Å². The highest BCUT2D eigenvalue weighted by Crippen LogP contribution is 2.37. The number of nitrogens with zero attached hydrogens (tertiary/aromatic N) is 2. The van der Waals surface area contributed by atoms with E-state index in [-0.39, 0.29) is 41.9 Å². The number of hydrogen-bond acceptors (Lipinski definition) is 7. The van der Waals surface area contributed by atoms with E-state index in [2.05, 4.69) is 9.72 Å². The normalized spacial score (nSPS) is 17.6. The second kappa shape index (κ2) is 9.96. The predicted octanol–water partition coefficient (Wildman–Crippen LogP) is 3.69. The number of benzene rings is 1. The number of alkyl halides is 2. The molecule has 0 bridgehead atoms. The molecule has 1 aromatic carbocycles. The zero-order valence-electron chi connectivity index (χ0n) is 18.7. The van der Waals surface area contributed by atoms with Gasteiger partial charge >= 0.3 is 12.6 Å². The largest absolute Gasteiger partial charge is 0.489 e. The summed E-state index contributed by atoms with van der Waals surface area (Å²) in [5, 5.41) is 9.18. The fraction of sp³-hybridized carbons (Fsp3) is 0.522. The van der Waals surface area contributed by atoms with Crippen LogP contribution < -0.4 is 15.2 Å². The van der Waals surface area contributed by atoms with Crippen LogP contribution in [0.4, 0.5) is 8.78 Å². The fourth-order valence-electron chi connectivity index (χ4n) is 3.84. The summed E-state index contributed by atoms with van der Waals surface area (Å²) >= 11 is 0. The number of carbonyl (C=O) groups is 2. The number of ether oxygens (including phenoxy) is 2. The lowest BCUT2D eigenvalue weighted by molar-refractivity contribution is -0.143. The van der Waals surface area contributed by atoms with Crippen molar-refractivity contribution in [2.24, 2.45) is 17.6 Å². The van der Waals surface area contributed by atoms with Crippen LogP contribution in [0.15, 0.2) is 22.6 Å². The zero-order valence-corrected chi connectivity index (χ0v) is 18.7. The van der Waals surface area contributed by atoms with Crippen LogP contribution in [0.2, 0.25) is 0 Å². The molecule has 2 heterocycles. The van der Waals surface area contributed by atoms with E-state index in [0.29, 0.717) is 30.9 Å². The van der Waals surface area contributed by atoms with Crippen molar-refractivity contribution in [3.63, 3.8) is 0 Å². The molecule has 11 heteroatoms. The van der Waals surface area contributed by atoms with Gasteiger partial charge < -0.3 is 29.6 Å². The third kappa shape index (κ3) is 5.46. The Balaban J connectivity index is 1.59. The Morgan fingerprint density at radius 2 is 1.94 bits per heavy atom. The number of carboxylic acids is 1. The van der Waals surface area contributed by atoms with Crippen molar-refractivity contribution in [3.05, 3.63) is 29.7 Å². The van der Waals surface area contributed by atoms with Gasteiger partial charge in [0.2, 0.25) is 5.89 Å². The van der Waals surface area contributed by atoms with E-state index in [4.69, 9.17) is 14.9 Å². The third-order valence-electron chi connectivity index (χ3n) is 5.98. The number of piperidine rings is 1. The Bertz CT molecular complexity index is 1050. The Labute approximate surface area is 194 Å². The van der Waals surface area contributed by atoms with Gasteiger partial charge in [0.1, 0.15) is 0 Å². The summed E-state index contributed by atoms with van der Waals surface area (Å²) in [6.45, 7) is -0.392. The first-order chi connectivity index (χ1) is 16.2. The average molecular weight is 479 g/mol. The maximum Gasteiger partial charge on any atom is 0.387 e. The summed E-state index contributed by atoms with van der Waals surface area (Å²) in [5.41, 5.74) is 6.48. The molecule has 1 saturated carbocycles. The van der Waals surface area contributed by atoms with Crippen molar-refractivity contribution in [2.45, 2.75) is 45.3 Å². The minimum absolute atomic E-state index is 0.0483. The number of carbonyl (C=O) groups excluding carboxylic acids is 1. The number of aromatic nitrogens is 1. The van der Waals surface area contributed by atoms with Gasteiger partial charge in [-0.25, -0.2) is 4.98 Å². The number of carboxylic acid groups (broad SMARTS) is 1. The first-order valence-electron chi connectivity index (χ1n) is 11.2. The summed E-state index contributed by atoms with van der Waals surface area (Å²) in [6, 6.07) is 3.69. The Morgan fingerprint density at radius 3 is 2.53 bits per heavy atom. The molecular formula is C23H27F2N3O6. The van der Waals surface area contributed by atoms with Gasteiger partial charge in [0, 0.05) is 18.7 Å². The molecule has 2 aromatic rings. The van der Waals surface area contributed by atoms with E-state index in [9.17, 15) is 23.5 Å². The highest BCUT2D eigenvalue weighted by atomic mass is 19.3. The van der Waals surface area contributed by atoms with E-state index in [1.807, 2.05) is 0 Å². The third-order valence-corrected chi connectivity index (χ3v) is 5.98. The molecule has 1 aliphatic carbocycles. The Morgan fingerprint density at radius 1 is 1.24 bits per heavy atom. The van der Waals surface area contributed by atoms with E-state index in [1.165, 1.54) is 23.1 Å². The van der Waals surface area contributed by atoms with Crippen molar-refractivity contribution in [2.75, 3.05) is 19.7 Å². The van der Waals surface area contributed by atoms with E-state index < -0.39 is 30.4 Å². The predicted molar refractivity (Wildman–Crippen MR) is 116 cm³/mol. The van der Waals surface area contributed by atoms with Crippen LogP contribution in [0.3, 0.4) is 0 Å². The lowest BCUT2D eigenvalue weighted by Crippen LogP contribution is -2.40. The van der Waals surface area contributed by atoms with E-state index in [0.717, 1.165) is 12.8 Å². The standard InChI is InChI=1S/C23H27F2N3O6/c1-12(26)19-18(21(29)28-8-6-14(7-9-28)22(30)31)27-20(34-19)15-4-5-16(33-23(24)25)17(10-15)32-11-13-2-3-13/h4-5,10,12-14,23H,2-3,6-9,11,26H2,1H3,(H,30,31)/t12-/m0/s1. The van der Waals surface area contributed by atoms with Gasteiger partial charge in [-0.3, -0.25) is 9.59 Å². The minimum Gasteiger partial charge on any atom is -0.489 e. The van der Waals surface area contributed by atoms with Crippen LogP contribution in [-0.2, 0) is 4.79 Å². The van der Waals surface area contributed by atoms with Gasteiger partial charge in [-0.15, -0.1) is 0 Å². The van der Waals surface area contributed by atoms with Crippen molar-refractivity contribution < 1.29 is 37.4 Å². The Hall–Kier alpha value is -3.21. The molecule has 184 valence electrons. The molecule has 0 spiro atoms. The van der Waals surface area contributed by atoms with Gasteiger partial charge in [0.25, 0.3) is 5.91 Å². The van der Waals surface area contributed by atoms with E-state index >= 15 is 0 Å². The van der Waals surface area contributed by atoms with E-state index in [1.54, 1.807) is 6.92 Å². The number of hydrogen-bond donors (Lipinski definition) is 2. The summed E-state index contributed by atoms with van der Waals surface area (Å²) in [4.78, 5) is 30.2. The highest BCUT2D eigenvalue weighted by Gasteiger charge is 2.32. The first kappa shape index (κ1) is 23.9. The summed E-state index contributed by atoms with van der Waals surface area (Å²) < 4.78 is 41.7. The number of rotatable bonds is 9. The molecule has 34 heavy (non-hydrogen) atoms. The summed E-state index contributed by atoms with van der Waals surface area (Å²) in [7, 11) is 0. The monoisotopic (exact) mass is 479 g/mol.